The lowest BCUT2D eigenvalue weighted by molar-refractivity contribution is -0.116. The number of aromatic nitrogens is 3. The summed E-state index contributed by atoms with van der Waals surface area (Å²) in [4.78, 5) is 34.9. The van der Waals surface area contributed by atoms with Crippen molar-refractivity contribution in [3.8, 4) is 0 Å². The van der Waals surface area contributed by atoms with Crippen LogP contribution in [0.4, 0.5) is 5.82 Å². The molecule has 0 aliphatic heterocycles. The van der Waals surface area contributed by atoms with Crippen molar-refractivity contribution in [1.29, 1.82) is 0 Å². The summed E-state index contributed by atoms with van der Waals surface area (Å²) in [6.07, 6.45) is 3.98. The summed E-state index contributed by atoms with van der Waals surface area (Å²) in [5.74, 6) is 0.289. The topological polar surface area (TPSA) is 87.7 Å². The summed E-state index contributed by atoms with van der Waals surface area (Å²) in [6.45, 7) is 1.78. The quantitative estimate of drug-likeness (QED) is 0.612. The van der Waals surface area contributed by atoms with Gasteiger partial charge in [-0.25, -0.2) is 9.97 Å². The predicted octanol–water partition coefficient (Wildman–Crippen LogP) is 2.53. The van der Waals surface area contributed by atoms with Gasteiger partial charge in [-0.2, -0.15) is 0 Å². The fraction of sp³-hybridized carbons (Fsp3) is 0.286. The highest BCUT2D eigenvalue weighted by Gasteiger charge is 2.11. The van der Waals surface area contributed by atoms with E-state index in [0.29, 0.717) is 28.7 Å². The lowest BCUT2D eigenvalue weighted by Crippen LogP contribution is -2.20. The normalized spacial score (nSPS) is 10.5. The Hall–Kier alpha value is -1.67. The molecule has 0 atom stereocenters. The molecule has 2 rings (SSSR count). The molecule has 0 unspecified atom stereocenters. The molecule has 1 amide bonds. The number of halogens is 1. The Bertz CT molecular complexity index is 731. The van der Waals surface area contributed by atoms with Crippen LogP contribution < -0.4 is 10.9 Å². The number of nitrogens with zero attached hydrogens (tertiary/aromatic N) is 2. The second-order valence-electron chi connectivity index (χ2n) is 4.55. The molecule has 2 aromatic heterocycles. The maximum atomic E-state index is 12.0. The number of thioether (sulfide) groups is 1. The molecule has 0 radical (unpaired) electrons. The van der Waals surface area contributed by atoms with Crippen molar-refractivity contribution in [2.24, 2.45) is 0 Å². The van der Waals surface area contributed by atoms with Crippen molar-refractivity contribution in [3.05, 3.63) is 44.4 Å². The van der Waals surface area contributed by atoms with Crippen LogP contribution in [-0.2, 0) is 11.2 Å². The van der Waals surface area contributed by atoms with Crippen LogP contribution in [0.1, 0.15) is 17.7 Å². The van der Waals surface area contributed by atoms with E-state index in [4.69, 9.17) is 0 Å². The molecule has 116 valence electrons. The Labute approximate surface area is 140 Å². The number of amides is 1. The SMILES string of the molecule is CSc1nc(C)c(CCC(=O)Nc2ccc(Br)cn2)c(=O)[nH]1. The predicted molar refractivity (Wildman–Crippen MR) is 90.3 cm³/mol. The number of hydrogen-bond donors (Lipinski definition) is 2. The molecule has 0 spiro atoms. The standard InChI is InChI=1S/C14H15BrN4O2S/c1-8-10(13(21)19-14(17-8)22-2)4-6-12(20)18-11-5-3-9(15)7-16-11/h3,5,7H,4,6H2,1-2H3,(H,16,18,20)(H,17,19,21). The smallest absolute Gasteiger partial charge is 0.254 e. The first-order valence-electron chi connectivity index (χ1n) is 6.55. The van der Waals surface area contributed by atoms with Gasteiger partial charge >= 0.3 is 0 Å². The third-order valence-electron chi connectivity index (χ3n) is 2.99. The summed E-state index contributed by atoms with van der Waals surface area (Å²) in [5, 5.41) is 3.27. The maximum Gasteiger partial charge on any atom is 0.254 e. The van der Waals surface area contributed by atoms with Crippen LogP contribution in [0.15, 0.2) is 32.8 Å². The van der Waals surface area contributed by atoms with Gasteiger partial charge in [-0.05, 0) is 47.7 Å². The number of aromatic amines is 1. The Morgan fingerprint density at radius 2 is 2.23 bits per heavy atom. The van der Waals surface area contributed by atoms with Crippen molar-refractivity contribution in [3.63, 3.8) is 0 Å². The van der Waals surface area contributed by atoms with Gasteiger partial charge < -0.3 is 10.3 Å². The highest BCUT2D eigenvalue weighted by atomic mass is 79.9. The number of rotatable bonds is 5. The summed E-state index contributed by atoms with van der Waals surface area (Å²) in [6, 6.07) is 3.50. The number of pyridine rings is 1. The van der Waals surface area contributed by atoms with E-state index in [9.17, 15) is 9.59 Å². The van der Waals surface area contributed by atoms with E-state index in [0.717, 1.165) is 4.47 Å². The highest BCUT2D eigenvalue weighted by Crippen LogP contribution is 2.12. The zero-order valence-corrected chi connectivity index (χ0v) is 14.5. The second-order valence-corrected chi connectivity index (χ2v) is 6.26. The summed E-state index contributed by atoms with van der Waals surface area (Å²) < 4.78 is 0.840. The van der Waals surface area contributed by atoms with E-state index >= 15 is 0 Å². The third-order valence-corrected chi connectivity index (χ3v) is 4.04. The molecule has 8 heteroatoms. The molecule has 0 aromatic carbocycles. The van der Waals surface area contributed by atoms with E-state index in [1.54, 1.807) is 25.3 Å². The van der Waals surface area contributed by atoms with Crippen LogP contribution in [-0.4, -0.2) is 27.1 Å². The molecule has 0 saturated heterocycles. The molecule has 0 fully saturated rings. The van der Waals surface area contributed by atoms with Gasteiger partial charge in [-0.15, -0.1) is 0 Å². The monoisotopic (exact) mass is 382 g/mol. The number of carbonyl (C=O) groups is 1. The molecular weight excluding hydrogens is 368 g/mol. The van der Waals surface area contributed by atoms with Crippen LogP contribution in [0.3, 0.4) is 0 Å². The average molecular weight is 383 g/mol. The largest absolute Gasteiger partial charge is 0.311 e. The molecular formula is C14H15BrN4O2S. The van der Waals surface area contributed by atoms with Gasteiger partial charge in [-0.1, -0.05) is 11.8 Å². The molecule has 6 nitrogen and oxygen atoms in total. The Kier molecular flexibility index (Phi) is 5.73. The first-order valence-corrected chi connectivity index (χ1v) is 8.56. The first kappa shape index (κ1) is 16.7. The van der Waals surface area contributed by atoms with E-state index in [-0.39, 0.29) is 17.9 Å². The van der Waals surface area contributed by atoms with Crippen molar-refractivity contribution in [2.45, 2.75) is 24.9 Å². The average Bonchev–Trinajstić information content (AvgIpc) is 2.48. The number of nitrogens with one attached hydrogen (secondary N) is 2. The van der Waals surface area contributed by atoms with Gasteiger partial charge in [0.1, 0.15) is 5.82 Å². The first-order chi connectivity index (χ1) is 10.5. The lowest BCUT2D eigenvalue weighted by Gasteiger charge is -2.07. The molecule has 2 N–H and O–H groups in total. The molecule has 0 bridgehead atoms. The molecule has 22 heavy (non-hydrogen) atoms. The Morgan fingerprint density at radius 3 is 2.82 bits per heavy atom. The van der Waals surface area contributed by atoms with E-state index in [2.05, 4.69) is 36.2 Å². The van der Waals surface area contributed by atoms with Crippen molar-refractivity contribution < 1.29 is 4.79 Å². The minimum absolute atomic E-state index is 0.189. The van der Waals surface area contributed by atoms with E-state index in [1.165, 1.54) is 11.8 Å². The van der Waals surface area contributed by atoms with Crippen LogP contribution in [0, 0.1) is 6.92 Å². The van der Waals surface area contributed by atoms with Gasteiger partial charge in [0.25, 0.3) is 5.56 Å². The van der Waals surface area contributed by atoms with Gasteiger partial charge in [0.15, 0.2) is 5.16 Å². The van der Waals surface area contributed by atoms with E-state index in [1.807, 2.05) is 6.26 Å². The van der Waals surface area contributed by atoms with Crippen molar-refractivity contribution in [2.75, 3.05) is 11.6 Å². The zero-order valence-electron chi connectivity index (χ0n) is 12.1. The highest BCUT2D eigenvalue weighted by molar-refractivity contribution is 9.10. The summed E-state index contributed by atoms with van der Waals surface area (Å²) >= 11 is 4.65. The van der Waals surface area contributed by atoms with Crippen LogP contribution in [0.5, 0.6) is 0 Å². The van der Waals surface area contributed by atoms with Crippen molar-refractivity contribution >= 4 is 39.4 Å². The molecule has 0 saturated carbocycles. The van der Waals surface area contributed by atoms with Gasteiger partial charge in [0, 0.05) is 28.3 Å². The Balaban J connectivity index is 1.99. The Morgan fingerprint density at radius 1 is 1.45 bits per heavy atom. The second kappa shape index (κ2) is 7.55. The lowest BCUT2D eigenvalue weighted by atomic mass is 10.1. The number of aryl methyl sites for hydroxylation is 1. The fourth-order valence-electron chi connectivity index (χ4n) is 1.87. The summed E-state index contributed by atoms with van der Waals surface area (Å²) in [7, 11) is 0. The third kappa shape index (κ3) is 4.41. The summed E-state index contributed by atoms with van der Waals surface area (Å²) in [5.41, 5.74) is 1.01. The van der Waals surface area contributed by atoms with Gasteiger partial charge in [0.05, 0.1) is 0 Å². The molecule has 2 aromatic rings. The zero-order chi connectivity index (χ0) is 16.1. The number of carbonyl (C=O) groups excluding carboxylic acids is 1. The minimum atomic E-state index is -0.192. The van der Waals surface area contributed by atoms with Crippen molar-refractivity contribution in [1.82, 2.24) is 15.0 Å². The molecule has 0 aliphatic carbocycles. The van der Waals surface area contributed by atoms with Gasteiger partial charge in [0.2, 0.25) is 5.91 Å². The maximum absolute atomic E-state index is 12.0. The number of hydrogen-bond acceptors (Lipinski definition) is 5. The fourth-order valence-corrected chi connectivity index (χ4v) is 2.53. The minimum Gasteiger partial charge on any atom is -0.311 e. The van der Waals surface area contributed by atoms with E-state index < -0.39 is 0 Å². The molecule has 2 heterocycles. The number of H-pyrrole nitrogens is 1. The molecule has 0 aliphatic rings. The van der Waals surface area contributed by atoms with Crippen LogP contribution in [0.2, 0.25) is 0 Å². The van der Waals surface area contributed by atoms with Crippen LogP contribution >= 0.6 is 27.7 Å². The van der Waals surface area contributed by atoms with Crippen LogP contribution in [0.25, 0.3) is 0 Å². The van der Waals surface area contributed by atoms with Gasteiger partial charge in [-0.3, -0.25) is 9.59 Å². The number of anilines is 1.